The van der Waals surface area contributed by atoms with Crippen molar-refractivity contribution in [2.75, 3.05) is 16.8 Å². The molecule has 8 nitrogen and oxygen atoms in total. The third kappa shape index (κ3) is 4.97. The Balaban J connectivity index is 1.12. The number of nitrogens with zero attached hydrogens (tertiary/aromatic N) is 1. The maximum absolute atomic E-state index is 14.0. The summed E-state index contributed by atoms with van der Waals surface area (Å²) in [5.41, 5.74) is 1.41. The monoisotopic (exact) mass is 691 g/mol. The number of hydrogen-bond acceptors (Lipinski definition) is 7. The minimum Gasteiger partial charge on any atom is -0.483 e. The van der Waals surface area contributed by atoms with Crippen LogP contribution in [0, 0.1) is 36.5 Å². The first kappa shape index (κ1) is 30.9. The van der Waals surface area contributed by atoms with E-state index in [0.717, 1.165) is 44.4 Å². The van der Waals surface area contributed by atoms with Gasteiger partial charge in [0.25, 0.3) is 5.91 Å². The number of ether oxygens (including phenoxy) is 1. The van der Waals surface area contributed by atoms with E-state index in [9.17, 15) is 32.3 Å². The van der Waals surface area contributed by atoms with E-state index in [4.69, 9.17) is 4.74 Å². The number of aromatic amines is 1. The number of rotatable bonds is 6. The Morgan fingerprint density at radius 2 is 1.73 bits per heavy atom. The zero-order chi connectivity index (χ0) is 33.5. The highest BCUT2D eigenvalue weighted by molar-refractivity contribution is 8.00. The molecule has 0 spiro atoms. The van der Waals surface area contributed by atoms with Crippen LogP contribution in [0.25, 0.3) is 0 Å². The molecular formula is C35H28F3N3O5S2. The molecule has 13 heteroatoms. The highest BCUT2D eigenvalue weighted by Crippen LogP contribution is 2.69. The van der Waals surface area contributed by atoms with Gasteiger partial charge in [0.05, 0.1) is 28.1 Å². The van der Waals surface area contributed by atoms with Gasteiger partial charge in [-0.3, -0.25) is 24.1 Å². The van der Waals surface area contributed by atoms with E-state index in [0.29, 0.717) is 22.9 Å². The molecule has 2 aliphatic heterocycles. The van der Waals surface area contributed by atoms with Gasteiger partial charge in [0.15, 0.2) is 6.61 Å². The molecule has 2 saturated carbocycles. The van der Waals surface area contributed by atoms with Crippen LogP contribution in [0.2, 0.25) is 0 Å². The predicted molar refractivity (Wildman–Crippen MR) is 174 cm³/mol. The summed E-state index contributed by atoms with van der Waals surface area (Å²) in [6, 6.07) is 19.1. The summed E-state index contributed by atoms with van der Waals surface area (Å²) >= 11 is 2.61. The van der Waals surface area contributed by atoms with Gasteiger partial charge in [0.2, 0.25) is 11.8 Å². The molecule has 3 amide bonds. The van der Waals surface area contributed by atoms with E-state index in [-0.39, 0.29) is 52.0 Å². The van der Waals surface area contributed by atoms with Crippen LogP contribution in [0.3, 0.4) is 0 Å². The highest BCUT2D eigenvalue weighted by Gasteiger charge is 2.70. The minimum atomic E-state index is -4.62. The average molecular weight is 692 g/mol. The molecule has 2 bridgehead atoms. The van der Waals surface area contributed by atoms with Crippen LogP contribution in [0.5, 0.6) is 5.75 Å². The molecule has 8 rings (SSSR count). The van der Waals surface area contributed by atoms with E-state index in [2.05, 4.69) is 10.3 Å². The third-order valence-electron chi connectivity index (χ3n) is 10.1. The molecule has 3 heterocycles. The number of nitrogens with one attached hydrogen (secondary N) is 2. The second-order valence-corrected chi connectivity index (χ2v) is 15.0. The van der Waals surface area contributed by atoms with Gasteiger partial charge in [-0.15, -0.1) is 11.8 Å². The van der Waals surface area contributed by atoms with Crippen molar-refractivity contribution in [3.8, 4) is 5.75 Å². The van der Waals surface area contributed by atoms with Crippen LogP contribution in [-0.2, 0) is 20.6 Å². The number of aromatic nitrogens is 1. The standard InChI is InChI=1S/C35H28F3N3O5S2/c1-16-6-4-8-18(12-16)39-24(42)15-46-23-11-3-2-10-20(23)25-26-21-14-22(29(26)47-31-30(25)48-34(45)40-31)28-27(21)32(43)41(33(28)44)19-9-5-7-17(13-19)35(36,37)38/h2-13,21-22,25-29H,14-15H2,1H3,(H,39,42)(H,40,45)/t21-,22-,25-,26?,27?,28?,29?/m1/s1. The topological polar surface area (TPSA) is 109 Å². The summed E-state index contributed by atoms with van der Waals surface area (Å²) in [6.07, 6.45) is -4.01. The van der Waals surface area contributed by atoms with Gasteiger partial charge in [-0.1, -0.05) is 47.7 Å². The fraction of sp³-hybridized carbons (Fsp3) is 0.314. The number of anilines is 2. The van der Waals surface area contributed by atoms with Crippen molar-refractivity contribution >= 4 is 52.2 Å². The van der Waals surface area contributed by atoms with Crippen molar-refractivity contribution < 1.29 is 32.3 Å². The number of halogens is 3. The largest absolute Gasteiger partial charge is 0.483 e. The fourth-order valence-corrected chi connectivity index (χ4v) is 11.3. The first-order chi connectivity index (χ1) is 23.0. The van der Waals surface area contributed by atoms with Crippen molar-refractivity contribution in [2.24, 2.45) is 29.6 Å². The Bertz CT molecular complexity index is 2040. The van der Waals surface area contributed by atoms with Crippen LogP contribution in [0.1, 0.15) is 33.9 Å². The molecule has 2 N–H and O–H groups in total. The molecule has 7 atom stereocenters. The number of imide groups is 1. The molecule has 1 aromatic heterocycles. The van der Waals surface area contributed by atoms with E-state index >= 15 is 0 Å². The fourth-order valence-electron chi connectivity index (χ4n) is 8.37. The van der Waals surface area contributed by atoms with Gasteiger partial charge in [-0.2, -0.15) is 13.2 Å². The third-order valence-corrected chi connectivity index (χ3v) is 12.7. The molecule has 3 aromatic carbocycles. The summed E-state index contributed by atoms with van der Waals surface area (Å²) in [7, 11) is 0. The van der Waals surface area contributed by atoms with Gasteiger partial charge in [0, 0.05) is 27.3 Å². The van der Waals surface area contributed by atoms with Crippen molar-refractivity contribution in [1.82, 2.24) is 4.98 Å². The Hall–Kier alpha value is -4.36. The van der Waals surface area contributed by atoms with Crippen LogP contribution < -0.4 is 19.8 Å². The van der Waals surface area contributed by atoms with Gasteiger partial charge < -0.3 is 15.0 Å². The zero-order valence-corrected chi connectivity index (χ0v) is 27.0. The lowest BCUT2D eigenvalue weighted by atomic mass is 9.68. The zero-order valence-electron chi connectivity index (χ0n) is 25.3. The number of carbonyl (C=O) groups is 3. The number of fused-ring (bicyclic) bond motifs is 9. The number of H-pyrrole nitrogens is 1. The van der Waals surface area contributed by atoms with Crippen molar-refractivity contribution in [3.05, 3.63) is 104 Å². The van der Waals surface area contributed by atoms with Crippen molar-refractivity contribution in [2.45, 2.75) is 35.7 Å². The smallest absolute Gasteiger partial charge is 0.416 e. The maximum Gasteiger partial charge on any atom is 0.416 e. The Kier molecular flexibility index (Phi) is 7.33. The number of hydrogen-bond donors (Lipinski definition) is 2. The van der Waals surface area contributed by atoms with Gasteiger partial charge in [-0.05, 0) is 73.1 Å². The lowest BCUT2D eigenvalue weighted by Gasteiger charge is -2.43. The van der Waals surface area contributed by atoms with Gasteiger partial charge >= 0.3 is 11.0 Å². The average Bonchev–Trinajstić information content (AvgIpc) is 3.78. The summed E-state index contributed by atoms with van der Waals surface area (Å²) in [4.78, 5) is 58.0. The first-order valence-corrected chi connectivity index (χ1v) is 17.2. The van der Waals surface area contributed by atoms with Gasteiger partial charge in [0.1, 0.15) is 5.75 Å². The Labute approximate surface area is 280 Å². The molecule has 246 valence electrons. The van der Waals surface area contributed by atoms with E-state index in [1.165, 1.54) is 23.9 Å². The quantitative estimate of drug-likeness (QED) is 0.225. The number of thiazole rings is 1. The van der Waals surface area contributed by atoms with Crippen LogP contribution in [0.4, 0.5) is 24.5 Å². The molecule has 2 aliphatic carbocycles. The molecule has 4 aromatic rings. The van der Waals surface area contributed by atoms with Crippen molar-refractivity contribution in [1.29, 1.82) is 0 Å². The lowest BCUT2D eigenvalue weighted by Crippen LogP contribution is -2.42. The minimum absolute atomic E-state index is 0.0769. The molecule has 4 unspecified atom stereocenters. The molecule has 4 aliphatic rings. The van der Waals surface area contributed by atoms with E-state index in [1.807, 2.05) is 37.3 Å². The molecule has 1 saturated heterocycles. The number of alkyl halides is 3. The second kappa shape index (κ2) is 11.4. The summed E-state index contributed by atoms with van der Waals surface area (Å²) in [5, 5.41) is 3.42. The number of thioether (sulfide) groups is 1. The number of benzene rings is 3. The van der Waals surface area contributed by atoms with E-state index < -0.39 is 35.4 Å². The van der Waals surface area contributed by atoms with Crippen LogP contribution >= 0.6 is 23.1 Å². The van der Waals surface area contributed by atoms with Crippen LogP contribution in [-0.4, -0.2) is 34.6 Å². The predicted octanol–water partition coefficient (Wildman–Crippen LogP) is 6.46. The number of para-hydroxylation sites is 1. The number of aryl methyl sites for hydroxylation is 1. The van der Waals surface area contributed by atoms with Gasteiger partial charge in [-0.25, -0.2) is 0 Å². The van der Waals surface area contributed by atoms with E-state index in [1.54, 1.807) is 18.2 Å². The normalized spacial score (nSPS) is 27.1. The first-order valence-electron chi connectivity index (χ1n) is 15.5. The highest BCUT2D eigenvalue weighted by atomic mass is 32.2. The molecular weight excluding hydrogens is 664 g/mol. The number of carbonyl (C=O) groups excluding carboxylic acids is 3. The summed E-state index contributed by atoms with van der Waals surface area (Å²) < 4.78 is 46.8. The SMILES string of the molecule is Cc1cccc(NC(=O)COc2ccccc2[C@H]2c3sc(=O)[nH]c3SC3C2[C@H]2C[C@@H]3C3C(=O)N(c4cccc(C(F)(F)F)c4)C(=O)C32)c1. The maximum atomic E-state index is 14.0. The Morgan fingerprint density at radius 1 is 0.979 bits per heavy atom. The molecule has 48 heavy (non-hydrogen) atoms. The number of amides is 3. The van der Waals surface area contributed by atoms with Crippen LogP contribution in [0.15, 0.2) is 82.6 Å². The van der Waals surface area contributed by atoms with Crippen molar-refractivity contribution in [3.63, 3.8) is 0 Å². The molecule has 0 radical (unpaired) electrons. The summed E-state index contributed by atoms with van der Waals surface area (Å²) in [5.74, 6) is -3.17. The molecule has 3 fully saturated rings. The lowest BCUT2D eigenvalue weighted by molar-refractivity contribution is -0.137. The summed E-state index contributed by atoms with van der Waals surface area (Å²) in [6.45, 7) is 1.67. The second-order valence-electron chi connectivity index (χ2n) is 12.8. The Morgan fingerprint density at radius 3 is 2.50 bits per heavy atom.